The van der Waals surface area contributed by atoms with Gasteiger partial charge in [-0.05, 0) is 103 Å². The fourth-order valence-corrected chi connectivity index (χ4v) is 5.81. The van der Waals surface area contributed by atoms with Crippen molar-refractivity contribution in [2.45, 2.75) is 193 Å². The van der Waals surface area contributed by atoms with Crippen molar-refractivity contribution >= 4 is 17.8 Å². The summed E-state index contributed by atoms with van der Waals surface area (Å²) >= 11 is 0. The van der Waals surface area contributed by atoms with Crippen LogP contribution in [0.1, 0.15) is 181 Å². The number of hydrogen-bond acceptors (Lipinski definition) is 5. The zero-order valence-corrected chi connectivity index (χ0v) is 33.8. The molecule has 0 aromatic heterocycles. The van der Waals surface area contributed by atoms with E-state index in [0.29, 0.717) is 32.2 Å². The minimum Gasteiger partial charge on any atom is -0.480 e. The molecule has 0 saturated carbocycles. The zero-order chi connectivity index (χ0) is 38.9. The van der Waals surface area contributed by atoms with Gasteiger partial charge >= 0.3 is 11.9 Å². The van der Waals surface area contributed by atoms with Gasteiger partial charge < -0.3 is 20.9 Å². The van der Waals surface area contributed by atoms with Gasteiger partial charge in [-0.2, -0.15) is 0 Å². The Bertz CT molecular complexity index is 1060. The monoisotopic (exact) mass is 739 g/mol. The molecular weight excluding hydrogens is 661 g/mol. The highest BCUT2D eigenvalue weighted by atomic mass is 16.5. The van der Waals surface area contributed by atoms with Crippen molar-refractivity contribution < 1.29 is 24.2 Å². The Morgan fingerprint density at radius 1 is 0.585 bits per heavy atom. The van der Waals surface area contributed by atoms with E-state index in [1.807, 2.05) is 0 Å². The van der Waals surface area contributed by atoms with Gasteiger partial charge in [0.05, 0.1) is 0 Å². The number of carbonyl (C=O) groups excluding carboxylic acids is 2. The van der Waals surface area contributed by atoms with Crippen molar-refractivity contribution in [1.29, 1.82) is 0 Å². The summed E-state index contributed by atoms with van der Waals surface area (Å²) in [6, 6.07) is -0.860. The van der Waals surface area contributed by atoms with E-state index in [4.69, 9.17) is 10.5 Å². The molecule has 53 heavy (non-hydrogen) atoms. The third-order valence-corrected chi connectivity index (χ3v) is 8.99. The van der Waals surface area contributed by atoms with Gasteiger partial charge in [0.25, 0.3) is 0 Å². The molecule has 302 valence electrons. The molecule has 0 saturated heterocycles. The molecule has 7 heteroatoms. The molecule has 0 aliphatic carbocycles. The second-order valence-electron chi connectivity index (χ2n) is 14.0. The lowest BCUT2D eigenvalue weighted by Gasteiger charge is -2.15. The van der Waals surface area contributed by atoms with Crippen LogP contribution in [0.25, 0.3) is 0 Å². The van der Waals surface area contributed by atoms with Crippen LogP contribution in [0.5, 0.6) is 0 Å². The number of carbonyl (C=O) groups is 3. The van der Waals surface area contributed by atoms with E-state index < -0.39 is 12.0 Å². The Morgan fingerprint density at radius 3 is 1.70 bits per heavy atom. The first-order chi connectivity index (χ1) is 25.9. The summed E-state index contributed by atoms with van der Waals surface area (Å²) in [5.74, 6) is -1.33. The van der Waals surface area contributed by atoms with E-state index in [1.54, 1.807) is 0 Å². The van der Waals surface area contributed by atoms with Crippen LogP contribution >= 0.6 is 0 Å². The molecule has 0 radical (unpaired) electrons. The Hall–Kier alpha value is -3.19. The molecule has 0 heterocycles. The molecule has 0 aromatic rings. The Labute approximate surface area is 324 Å². The van der Waals surface area contributed by atoms with Crippen LogP contribution < -0.4 is 11.1 Å². The summed E-state index contributed by atoms with van der Waals surface area (Å²) in [7, 11) is 0. The lowest BCUT2D eigenvalue weighted by Crippen LogP contribution is -2.40. The highest BCUT2D eigenvalue weighted by molar-refractivity contribution is 5.83. The van der Waals surface area contributed by atoms with E-state index in [2.05, 4.69) is 92.1 Å². The predicted molar refractivity (Wildman–Crippen MR) is 225 cm³/mol. The number of esters is 1. The number of rotatable bonds is 37. The van der Waals surface area contributed by atoms with Crippen molar-refractivity contribution in [3.05, 3.63) is 72.9 Å². The van der Waals surface area contributed by atoms with Crippen LogP contribution in [-0.4, -0.2) is 41.6 Å². The average Bonchev–Trinajstić information content (AvgIpc) is 3.14. The molecule has 0 aromatic carbocycles. The van der Waals surface area contributed by atoms with Gasteiger partial charge in [-0.3, -0.25) is 9.59 Å². The number of carboxylic acid groups (broad SMARTS) is 1. The number of hydrogen-bond donors (Lipinski definition) is 3. The van der Waals surface area contributed by atoms with Crippen molar-refractivity contribution in [1.82, 2.24) is 5.32 Å². The second-order valence-corrected chi connectivity index (χ2v) is 14.0. The third-order valence-electron chi connectivity index (χ3n) is 8.99. The number of carboxylic acids is 1. The normalized spacial score (nSPS) is 13.4. The summed E-state index contributed by atoms with van der Waals surface area (Å²) in [6.07, 6.45) is 51.0. The van der Waals surface area contributed by atoms with Crippen molar-refractivity contribution in [3.8, 4) is 0 Å². The molecule has 0 aliphatic rings. The molecular formula is C46H78N2O5. The minimum absolute atomic E-state index is 0.116. The Balaban J connectivity index is 4.41. The molecule has 7 nitrogen and oxygen atoms in total. The number of nitrogens with two attached hydrogens (primary N) is 1. The van der Waals surface area contributed by atoms with E-state index in [9.17, 15) is 19.5 Å². The maximum atomic E-state index is 12.7. The molecule has 0 spiro atoms. The second kappa shape index (κ2) is 40.0. The SMILES string of the molecule is CC/C=C\C/C=C\C/C=C\C/C=C\C/C=C\CCCC(=O)OC(/C=C\CCCCCCCCC)CCCCCCCCC(=O)NC(CCCN)C(=O)O. The smallest absolute Gasteiger partial charge is 0.326 e. The average molecular weight is 739 g/mol. The van der Waals surface area contributed by atoms with Gasteiger partial charge in [0.2, 0.25) is 5.91 Å². The quantitative estimate of drug-likeness (QED) is 0.0332. The van der Waals surface area contributed by atoms with Gasteiger partial charge in [-0.1, -0.05) is 145 Å². The van der Waals surface area contributed by atoms with Crippen LogP contribution in [0.3, 0.4) is 0 Å². The van der Waals surface area contributed by atoms with Gasteiger partial charge in [0.1, 0.15) is 12.1 Å². The fraction of sp³-hybridized carbons (Fsp3) is 0.674. The number of allylic oxidation sites excluding steroid dienone is 11. The van der Waals surface area contributed by atoms with Crippen LogP contribution in [0.15, 0.2) is 72.9 Å². The topological polar surface area (TPSA) is 119 Å². The van der Waals surface area contributed by atoms with Crippen molar-refractivity contribution in [2.75, 3.05) is 6.54 Å². The number of nitrogens with one attached hydrogen (secondary N) is 1. The summed E-state index contributed by atoms with van der Waals surface area (Å²) in [5, 5.41) is 11.9. The maximum Gasteiger partial charge on any atom is 0.326 e. The summed E-state index contributed by atoms with van der Waals surface area (Å²) in [5.41, 5.74) is 5.47. The predicted octanol–water partition coefficient (Wildman–Crippen LogP) is 11.9. The molecule has 0 aliphatic heterocycles. The molecule has 0 fully saturated rings. The van der Waals surface area contributed by atoms with Crippen LogP contribution in [0, 0.1) is 0 Å². The third kappa shape index (κ3) is 36.9. The lowest BCUT2D eigenvalue weighted by atomic mass is 10.0. The van der Waals surface area contributed by atoms with Crippen LogP contribution in [0.2, 0.25) is 0 Å². The molecule has 2 atom stereocenters. The van der Waals surface area contributed by atoms with E-state index >= 15 is 0 Å². The van der Waals surface area contributed by atoms with Gasteiger partial charge in [-0.15, -0.1) is 0 Å². The first kappa shape index (κ1) is 49.8. The minimum atomic E-state index is -1.01. The fourth-order valence-electron chi connectivity index (χ4n) is 5.81. The summed E-state index contributed by atoms with van der Waals surface area (Å²) in [4.78, 5) is 36.2. The van der Waals surface area contributed by atoms with Crippen molar-refractivity contribution in [3.63, 3.8) is 0 Å². The standard InChI is InChI=1S/C46H78N2O5/c1-3-5-7-9-11-13-14-15-16-17-18-19-20-22-24-30-34-40-45(50)53-42(36-31-27-23-21-12-10-8-6-4-2)37-32-28-25-26-29-33-39-44(49)48-43(46(51)52)38-35-41-47/h5,7,11,13,15-16,18-19,22,24,31,36,42-43H,3-4,6,8-10,12,14,17,20-21,23,25-30,32-35,37-41,47H2,1-2H3,(H,48,49)(H,51,52)/b7-5-,13-11-,16-15-,19-18-,24-22-,36-31-. The van der Waals surface area contributed by atoms with E-state index in [0.717, 1.165) is 96.3 Å². The van der Waals surface area contributed by atoms with Crippen LogP contribution in [0.4, 0.5) is 0 Å². The highest BCUT2D eigenvalue weighted by Gasteiger charge is 2.18. The molecule has 0 bridgehead atoms. The molecule has 0 rings (SSSR count). The molecule has 2 unspecified atom stereocenters. The van der Waals surface area contributed by atoms with Gasteiger partial charge in [-0.25, -0.2) is 4.79 Å². The number of aliphatic carboxylic acids is 1. The largest absolute Gasteiger partial charge is 0.480 e. The number of unbranched alkanes of at least 4 members (excludes halogenated alkanes) is 13. The summed E-state index contributed by atoms with van der Waals surface area (Å²) in [6.45, 7) is 4.81. The van der Waals surface area contributed by atoms with Gasteiger partial charge in [0, 0.05) is 12.8 Å². The number of ether oxygens (including phenoxy) is 1. The lowest BCUT2D eigenvalue weighted by molar-refractivity contribution is -0.147. The first-order valence-corrected chi connectivity index (χ1v) is 21.3. The van der Waals surface area contributed by atoms with E-state index in [1.165, 1.54) is 44.9 Å². The highest BCUT2D eigenvalue weighted by Crippen LogP contribution is 2.15. The Morgan fingerprint density at radius 2 is 1.11 bits per heavy atom. The first-order valence-electron chi connectivity index (χ1n) is 21.3. The van der Waals surface area contributed by atoms with Crippen molar-refractivity contribution in [2.24, 2.45) is 5.73 Å². The van der Waals surface area contributed by atoms with E-state index in [-0.39, 0.29) is 18.0 Å². The molecule has 1 amide bonds. The maximum absolute atomic E-state index is 12.7. The zero-order valence-electron chi connectivity index (χ0n) is 33.8. The molecule has 4 N–H and O–H groups in total. The van der Waals surface area contributed by atoms with Crippen LogP contribution in [-0.2, 0) is 19.1 Å². The summed E-state index contributed by atoms with van der Waals surface area (Å²) < 4.78 is 5.93. The van der Waals surface area contributed by atoms with Gasteiger partial charge in [0.15, 0.2) is 0 Å². The number of amides is 1. The Kier molecular flexibility index (Phi) is 37.6.